The molecule has 4 rings (SSSR count). The minimum atomic E-state index is -0.956. The van der Waals surface area contributed by atoms with E-state index in [-0.39, 0.29) is 17.7 Å². The van der Waals surface area contributed by atoms with Gasteiger partial charge in [-0.2, -0.15) is 0 Å². The van der Waals surface area contributed by atoms with Crippen molar-refractivity contribution in [1.29, 1.82) is 0 Å². The minimum Gasteiger partial charge on any atom is -0.352 e. The highest BCUT2D eigenvalue weighted by atomic mass is 35.5. The summed E-state index contributed by atoms with van der Waals surface area (Å²) in [6.45, 7) is 6.38. The maximum Gasteiger partial charge on any atom is 0.253 e. The third kappa shape index (κ3) is 4.64. The first-order valence-electron chi connectivity index (χ1n) is 11.1. The molecule has 1 unspecified atom stereocenters. The lowest BCUT2D eigenvalue weighted by Crippen LogP contribution is -2.43. The summed E-state index contributed by atoms with van der Waals surface area (Å²) in [6, 6.07) is 3.73. The van der Waals surface area contributed by atoms with Crippen molar-refractivity contribution >= 4 is 35.0 Å². The van der Waals surface area contributed by atoms with Gasteiger partial charge in [0.1, 0.15) is 4.33 Å². The van der Waals surface area contributed by atoms with Crippen molar-refractivity contribution in [3.63, 3.8) is 0 Å². The molecule has 1 atom stereocenters. The average Bonchev–Trinajstić information content (AvgIpc) is 3.10. The molecule has 172 valence electrons. The van der Waals surface area contributed by atoms with Crippen LogP contribution in [-0.4, -0.2) is 55.2 Å². The van der Waals surface area contributed by atoms with Gasteiger partial charge in [-0.3, -0.25) is 14.6 Å². The van der Waals surface area contributed by atoms with Crippen molar-refractivity contribution in [2.45, 2.75) is 56.3 Å². The first-order valence-corrected chi connectivity index (χ1v) is 11.9. The number of nitrogens with zero attached hydrogens (tertiary/aromatic N) is 4. The molecule has 2 amide bonds. The van der Waals surface area contributed by atoms with E-state index in [1.807, 2.05) is 41.6 Å². The lowest BCUT2D eigenvalue weighted by Gasteiger charge is -2.34. The van der Waals surface area contributed by atoms with Crippen LogP contribution in [0.5, 0.6) is 0 Å². The molecule has 32 heavy (non-hydrogen) atoms. The van der Waals surface area contributed by atoms with Gasteiger partial charge in [0.05, 0.1) is 23.0 Å². The number of piperidine rings is 1. The molecule has 9 heteroatoms. The second-order valence-corrected chi connectivity index (χ2v) is 10.6. The van der Waals surface area contributed by atoms with Gasteiger partial charge in [-0.05, 0) is 51.7 Å². The minimum absolute atomic E-state index is 0.0222. The van der Waals surface area contributed by atoms with Crippen LogP contribution in [0.1, 0.15) is 60.3 Å². The van der Waals surface area contributed by atoms with Crippen molar-refractivity contribution in [3.8, 4) is 0 Å². The zero-order valence-electron chi connectivity index (χ0n) is 18.5. The van der Waals surface area contributed by atoms with Crippen LogP contribution >= 0.6 is 23.2 Å². The van der Waals surface area contributed by atoms with Crippen LogP contribution in [0, 0.1) is 12.3 Å². The second kappa shape index (κ2) is 9.02. The Morgan fingerprint density at radius 2 is 1.97 bits per heavy atom. The molecule has 0 spiro atoms. The summed E-state index contributed by atoms with van der Waals surface area (Å²) in [7, 11) is 0. The summed E-state index contributed by atoms with van der Waals surface area (Å²) >= 11 is 12.4. The number of rotatable bonds is 7. The summed E-state index contributed by atoms with van der Waals surface area (Å²) in [5, 5.41) is 3.02. The molecule has 2 aromatic rings. The quantitative estimate of drug-likeness (QED) is 0.486. The molecule has 1 saturated heterocycles. The predicted molar refractivity (Wildman–Crippen MR) is 124 cm³/mol. The van der Waals surface area contributed by atoms with Gasteiger partial charge in [0.15, 0.2) is 0 Å². The topological polar surface area (TPSA) is 80.1 Å². The first-order chi connectivity index (χ1) is 15.2. The van der Waals surface area contributed by atoms with Gasteiger partial charge in [0, 0.05) is 50.2 Å². The zero-order valence-corrected chi connectivity index (χ0v) is 20.0. The number of pyridine rings is 1. The van der Waals surface area contributed by atoms with Gasteiger partial charge in [0.2, 0.25) is 5.91 Å². The van der Waals surface area contributed by atoms with Crippen LogP contribution < -0.4 is 5.32 Å². The monoisotopic (exact) mass is 477 g/mol. The SMILES string of the molecule is Cc1ccc(C(=O)NCCCn2ccnc2)c(C2CCN(C(=O)C3(C)CC3(Cl)Cl)CC2)n1. The number of amides is 2. The number of halogens is 2. The van der Waals surface area contributed by atoms with Gasteiger partial charge in [-0.25, -0.2) is 4.98 Å². The Labute approximate surface area is 198 Å². The lowest BCUT2D eigenvalue weighted by atomic mass is 9.89. The number of nitrogens with one attached hydrogen (secondary N) is 1. The molecular formula is C23H29Cl2N5O2. The highest BCUT2D eigenvalue weighted by Crippen LogP contribution is 2.64. The van der Waals surface area contributed by atoms with E-state index in [1.54, 1.807) is 12.5 Å². The Morgan fingerprint density at radius 1 is 1.25 bits per heavy atom. The van der Waals surface area contributed by atoms with Gasteiger partial charge in [-0.1, -0.05) is 0 Å². The number of carbonyl (C=O) groups is 2. The number of aryl methyl sites for hydroxylation is 2. The Balaban J connectivity index is 1.36. The molecular weight excluding hydrogens is 449 g/mol. The fourth-order valence-electron chi connectivity index (χ4n) is 4.39. The number of imidazole rings is 1. The standard InChI is InChI=1S/C23H29Cl2N5O2/c1-16-4-5-18(20(31)27-8-3-10-29-13-9-26-15-29)19(28-16)17-6-11-30(12-7-17)21(32)22(2)14-23(22,24)25/h4-5,9,13,15,17H,3,6-8,10-12,14H2,1-2H3,(H,27,31). The summed E-state index contributed by atoms with van der Waals surface area (Å²) in [4.78, 5) is 36.4. The molecule has 1 saturated carbocycles. The first kappa shape index (κ1) is 23.1. The van der Waals surface area contributed by atoms with Crippen molar-refractivity contribution < 1.29 is 9.59 Å². The number of hydrogen-bond acceptors (Lipinski definition) is 4. The van der Waals surface area contributed by atoms with E-state index in [0.29, 0.717) is 31.6 Å². The van der Waals surface area contributed by atoms with Crippen LogP contribution in [0.4, 0.5) is 0 Å². The van der Waals surface area contributed by atoms with E-state index < -0.39 is 9.75 Å². The molecule has 0 aromatic carbocycles. The molecule has 2 fully saturated rings. The molecule has 0 radical (unpaired) electrons. The van der Waals surface area contributed by atoms with Crippen LogP contribution in [0.25, 0.3) is 0 Å². The van der Waals surface area contributed by atoms with Crippen LogP contribution in [-0.2, 0) is 11.3 Å². The van der Waals surface area contributed by atoms with Crippen molar-refractivity contribution in [2.24, 2.45) is 5.41 Å². The smallest absolute Gasteiger partial charge is 0.253 e. The van der Waals surface area contributed by atoms with Gasteiger partial charge >= 0.3 is 0 Å². The van der Waals surface area contributed by atoms with Gasteiger partial charge < -0.3 is 14.8 Å². The molecule has 2 aromatic heterocycles. The molecule has 2 aliphatic rings. The van der Waals surface area contributed by atoms with Gasteiger partial charge in [-0.15, -0.1) is 23.2 Å². The third-order valence-corrected chi connectivity index (χ3v) is 7.75. The van der Waals surface area contributed by atoms with E-state index in [2.05, 4.69) is 10.3 Å². The maximum absolute atomic E-state index is 12.9. The number of likely N-dealkylation sites (tertiary alicyclic amines) is 1. The third-order valence-electron chi connectivity index (χ3n) is 6.65. The maximum atomic E-state index is 12.9. The number of alkyl halides is 2. The van der Waals surface area contributed by atoms with Crippen molar-refractivity contribution in [1.82, 2.24) is 24.8 Å². The largest absolute Gasteiger partial charge is 0.352 e. The fourth-order valence-corrected chi connectivity index (χ4v) is 5.09. The summed E-state index contributed by atoms with van der Waals surface area (Å²) in [6.07, 6.45) is 8.25. The van der Waals surface area contributed by atoms with E-state index in [1.165, 1.54) is 0 Å². The van der Waals surface area contributed by atoms with Crippen LogP contribution in [0.15, 0.2) is 30.9 Å². The van der Waals surface area contributed by atoms with E-state index in [0.717, 1.165) is 37.2 Å². The summed E-state index contributed by atoms with van der Waals surface area (Å²) in [5.74, 6) is 0.0552. The predicted octanol–water partition coefficient (Wildman–Crippen LogP) is 3.70. The van der Waals surface area contributed by atoms with E-state index in [9.17, 15) is 9.59 Å². The Kier molecular flexibility index (Phi) is 6.50. The fraction of sp³-hybridized carbons (Fsp3) is 0.565. The molecule has 7 nitrogen and oxygen atoms in total. The van der Waals surface area contributed by atoms with Crippen LogP contribution in [0.3, 0.4) is 0 Å². The molecule has 3 heterocycles. The summed E-state index contributed by atoms with van der Waals surface area (Å²) < 4.78 is 1.03. The van der Waals surface area contributed by atoms with Gasteiger partial charge in [0.25, 0.3) is 5.91 Å². The number of hydrogen-bond donors (Lipinski definition) is 1. The zero-order chi connectivity index (χ0) is 22.9. The Bertz CT molecular complexity index is 986. The van der Waals surface area contributed by atoms with E-state index in [4.69, 9.17) is 28.2 Å². The van der Waals surface area contributed by atoms with Crippen molar-refractivity contribution in [3.05, 3.63) is 47.8 Å². The number of aromatic nitrogens is 3. The van der Waals surface area contributed by atoms with E-state index >= 15 is 0 Å². The Morgan fingerprint density at radius 3 is 2.59 bits per heavy atom. The highest BCUT2D eigenvalue weighted by Gasteiger charge is 2.68. The lowest BCUT2D eigenvalue weighted by molar-refractivity contribution is -0.137. The Hall–Kier alpha value is -2.12. The summed E-state index contributed by atoms with van der Waals surface area (Å²) in [5.41, 5.74) is 1.64. The molecule has 1 aliphatic heterocycles. The molecule has 1 aliphatic carbocycles. The second-order valence-electron chi connectivity index (χ2n) is 9.08. The number of carbonyl (C=O) groups excluding carboxylic acids is 2. The average molecular weight is 478 g/mol. The molecule has 0 bridgehead atoms. The highest BCUT2D eigenvalue weighted by molar-refractivity contribution is 6.53. The normalized spacial score (nSPS) is 22.6. The molecule has 1 N–H and O–H groups in total. The van der Waals surface area contributed by atoms with Crippen LogP contribution in [0.2, 0.25) is 0 Å². The van der Waals surface area contributed by atoms with Crippen molar-refractivity contribution in [2.75, 3.05) is 19.6 Å².